The van der Waals surface area contributed by atoms with Gasteiger partial charge in [-0.1, -0.05) is 176 Å². The van der Waals surface area contributed by atoms with Crippen LogP contribution in [-0.2, 0) is 5.41 Å². The molecule has 0 fully saturated rings. The predicted molar refractivity (Wildman–Crippen MR) is 251 cm³/mol. The monoisotopic (exact) mass is 778 g/mol. The molecule has 4 heteroatoms. The molecule has 286 valence electrons. The third-order valence-electron chi connectivity index (χ3n) is 12.6. The summed E-state index contributed by atoms with van der Waals surface area (Å²) in [5.41, 5.74) is 14.2. The first-order valence-electron chi connectivity index (χ1n) is 20.8. The highest BCUT2D eigenvalue weighted by atomic mass is 15.2. The Morgan fingerprint density at radius 3 is 1.59 bits per heavy atom. The van der Waals surface area contributed by atoms with Crippen LogP contribution in [0.4, 0.5) is 17.1 Å². The van der Waals surface area contributed by atoms with Crippen molar-refractivity contribution in [2.75, 3.05) is 4.90 Å². The summed E-state index contributed by atoms with van der Waals surface area (Å²) in [6, 6.07) is 79.0. The van der Waals surface area contributed by atoms with Crippen molar-refractivity contribution in [2.45, 2.75) is 5.41 Å². The predicted octanol–water partition coefficient (Wildman–Crippen LogP) is 14.2. The quantitative estimate of drug-likeness (QED) is 0.162. The van der Waals surface area contributed by atoms with Crippen molar-refractivity contribution in [1.82, 2.24) is 14.5 Å². The molecular weight excluding hydrogens is 741 g/mol. The summed E-state index contributed by atoms with van der Waals surface area (Å²) in [6.07, 6.45) is 3.91. The van der Waals surface area contributed by atoms with Gasteiger partial charge in [-0.05, 0) is 81.2 Å². The summed E-state index contributed by atoms with van der Waals surface area (Å²) in [4.78, 5) is 12.2. The van der Waals surface area contributed by atoms with E-state index in [1.807, 2.05) is 30.6 Å². The number of anilines is 3. The lowest BCUT2D eigenvalue weighted by molar-refractivity contribution is 0.767. The summed E-state index contributed by atoms with van der Waals surface area (Å²) in [5.74, 6) is 0.692. The van der Waals surface area contributed by atoms with Crippen LogP contribution in [0, 0.1) is 0 Å². The third-order valence-corrected chi connectivity index (χ3v) is 12.6. The standard InChI is InChI=1S/C57H38N4/c1-4-18-40(19-5-1)56-58-37-45(38-59-56)60(53-30-16-20-39-17-10-11-25-46(39)53)43-31-33-47-48-34-32-44(61-54-28-14-12-26-49(54)50-27-13-15-29-55(50)61)36-52(48)57(51(47)35-43,41-21-6-2-7-22-41)42-23-8-3-9-24-42/h1-38H. The smallest absolute Gasteiger partial charge is 0.159 e. The van der Waals surface area contributed by atoms with Crippen LogP contribution in [0.3, 0.4) is 0 Å². The molecule has 0 N–H and O–H groups in total. The molecule has 0 spiro atoms. The number of hydrogen-bond acceptors (Lipinski definition) is 3. The lowest BCUT2D eigenvalue weighted by atomic mass is 9.67. The second-order valence-electron chi connectivity index (χ2n) is 15.8. The van der Waals surface area contributed by atoms with E-state index in [4.69, 9.17) is 9.97 Å². The molecule has 0 bridgehead atoms. The minimum atomic E-state index is -0.643. The van der Waals surface area contributed by atoms with E-state index in [0.717, 1.165) is 33.7 Å². The highest BCUT2D eigenvalue weighted by Gasteiger charge is 2.47. The van der Waals surface area contributed by atoms with Crippen molar-refractivity contribution in [3.8, 4) is 28.2 Å². The molecule has 0 saturated heterocycles. The van der Waals surface area contributed by atoms with Gasteiger partial charge in [0.15, 0.2) is 5.82 Å². The van der Waals surface area contributed by atoms with Gasteiger partial charge in [-0.2, -0.15) is 0 Å². The Bertz CT molecular complexity index is 3310. The Labute approximate surface area is 354 Å². The topological polar surface area (TPSA) is 34.0 Å². The Kier molecular flexibility index (Phi) is 8.04. The molecule has 11 aromatic rings. The Balaban J connectivity index is 1.13. The minimum Gasteiger partial charge on any atom is -0.309 e. The molecule has 0 radical (unpaired) electrons. The van der Waals surface area contributed by atoms with Crippen molar-refractivity contribution < 1.29 is 0 Å². The number of benzene rings is 9. The summed E-state index contributed by atoms with van der Waals surface area (Å²) in [6.45, 7) is 0. The number of fused-ring (bicyclic) bond motifs is 7. The number of hydrogen-bond donors (Lipinski definition) is 0. The van der Waals surface area contributed by atoms with Crippen LogP contribution in [0.25, 0.3) is 60.8 Å². The number of nitrogens with zero attached hydrogens (tertiary/aromatic N) is 4. The lowest BCUT2D eigenvalue weighted by Gasteiger charge is -2.35. The molecule has 12 rings (SSSR count). The normalized spacial score (nSPS) is 12.7. The van der Waals surface area contributed by atoms with E-state index in [1.165, 1.54) is 60.6 Å². The Morgan fingerprint density at radius 1 is 0.410 bits per heavy atom. The van der Waals surface area contributed by atoms with Gasteiger partial charge in [-0.15, -0.1) is 0 Å². The van der Waals surface area contributed by atoms with Gasteiger partial charge in [0.25, 0.3) is 0 Å². The minimum absolute atomic E-state index is 0.643. The number of para-hydroxylation sites is 2. The van der Waals surface area contributed by atoms with E-state index < -0.39 is 5.41 Å². The van der Waals surface area contributed by atoms with E-state index in [0.29, 0.717) is 5.82 Å². The van der Waals surface area contributed by atoms with E-state index in [9.17, 15) is 0 Å². The van der Waals surface area contributed by atoms with Gasteiger partial charge in [-0.3, -0.25) is 0 Å². The molecular formula is C57H38N4. The fraction of sp³-hybridized carbons (Fsp3) is 0.0175. The maximum Gasteiger partial charge on any atom is 0.159 e. The average Bonchev–Trinajstić information content (AvgIpc) is 3.83. The molecule has 4 nitrogen and oxygen atoms in total. The molecule has 1 aliphatic rings. The van der Waals surface area contributed by atoms with E-state index in [-0.39, 0.29) is 0 Å². The third kappa shape index (κ3) is 5.39. The highest BCUT2D eigenvalue weighted by molar-refractivity contribution is 6.09. The zero-order valence-corrected chi connectivity index (χ0v) is 33.2. The van der Waals surface area contributed by atoms with Gasteiger partial charge in [0.2, 0.25) is 0 Å². The summed E-state index contributed by atoms with van der Waals surface area (Å²) < 4.78 is 2.43. The fourth-order valence-corrected chi connectivity index (χ4v) is 9.95. The average molecular weight is 779 g/mol. The molecule has 0 aliphatic heterocycles. The van der Waals surface area contributed by atoms with Crippen molar-refractivity contribution >= 4 is 49.6 Å². The van der Waals surface area contributed by atoms with Gasteiger partial charge in [-0.25, -0.2) is 9.97 Å². The fourth-order valence-electron chi connectivity index (χ4n) is 9.95. The molecule has 0 unspecified atom stereocenters. The van der Waals surface area contributed by atoms with E-state index >= 15 is 0 Å². The molecule has 1 aliphatic carbocycles. The number of aromatic nitrogens is 3. The first kappa shape index (κ1) is 34.9. The van der Waals surface area contributed by atoms with E-state index in [2.05, 4.69) is 210 Å². The van der Waals surface area contributed by atoms with Crippen molar-refractivity contribution in [2.24, 2.45) is 0 Å². The van der Waals surface area contributed by atoms with Gasteiger partial charge < -0.3 is 9.47 Å². The summed E-state index contributed by atoms with van der Waals surface area (Å²) in [7, 11) is 0. The Morgan fingerprint density at radius 2 is 0.934 bits per heavy atom. The molecule has 2 heterocycles. The molecule has 0 amide bonds. The van der Waals surface area contributed by atoms with Crippen LogP contribution in [0.1, 0.15) is 22.3 Å². The maximum atomic E-state index is 4.95. The second-order valence-corrected chi connectivity index (χ2v) is 15.8. The zero-order chi connectivity index (χ0) is 40.3. The Hall–Kier alpha value is -8.08. The number of rotatable bonds is 7. The molecule has 9 aromatic carbocycles. The summed E-state index contributed by atoms with van der Waals surface area (Å²) in [5, 5.41) is 4.81. The molecule has 0 atom stereocenters. The zero-order valence-electron chi connectivity index (χ0n) is 33.2. The van der Waals surface area contributed by atoms with Gasteiger partial charge in [0.1, 0.15) is 0 Å². The summed E-state index contributed by atoms with van der Waals surface area (Å²) >= 11 is 0. The van der Waals surface area contributed by atoms with Gasteiger partial charge >= 0.3 is 0 Å². The SMILES string of the molecule is c1ccc(-c2ncc(N(c3ccc4c(c3)C(c3ccccc3)(c3ccccc3)c3cc(-n5c6ccccc6c6ccccc65)ccc3-4)c3cccc4ccccc34)cn2)cc1. The van der Waals surface area contributed by atoms with Crippen LogP contribution in [0.5, 0.6) is 0 Å². The molecule has 61 heavy (non-hydrogen) atoms. The van der Waals surface area contributed by atoms with Crippen LogP contribution in [-0.4, -0.2) is 14.5 Å². The largest absolute Gasteiger partial charge is 0.309 e. The van der Waals surface area contributed by atoms with Crippen molar-refractivity contribution in [1.29, 1.82) is 0 Å². The lowest BCUT2D eigenvalue weighted by Crippen LogP contribution is -2.29. The molecule has 2 aromatic heterocycles. The van der Waals surface area contributed by atoms with Gasteiger partial charge in [0.05, 0.1) is 40.2 Å². The van der Waals surface area contributed by atoms with Crippen LogP contribution in [0.2, 0.25) is 0 Å². The van der Waals surface area contributed by atoms with Crippen LogP contribution >= 0.6 is 0 Å². The van der Waals surface area contributed by atoms with E-state index in [1.54, 1.807) is 0 Å². The van der Waals surface area contributed by atoms with Crippen molar-refractivity contribution in [3.63, 3.8) is 0 Å². The van der Waals surface area contributed by atoms with Crippen LogP contribution in [0.15, 0.2) is 231 Å². The first-order chi connectivity index (χ1) is 30.3. The highest BCUT2D eigenvalue weighted by Crippen LogP contribution is 2.58. The van der Waals surface area contributed by atoms with Crippen molar-refractivity contribution in [3.05, 3.63) is 253 Å². The maximum absolute atomic E-state index is 4.95. The van der Waals surface area contributed by atoms with Gasteiger partial charge in [0, 0.05) is 33.1 Å². The molecule has 0 saturated carbocycles. The first-order valence-corrected chi connectivity index (χ1v) is 20.8. The second kappa shape index (κ2) is 14.0. The van der Waals surface area contributed by atoms with Crippen LogP contribution < -0.4 is 4.90 Å².